The average Bonchev–Trinajstić information content (AvgIpc) is 3.65. The maximum atomic E-state index is 15.8. The Hall–Kier alpha value is -5.77. The molecule has 0 amide bonds. The van der Waals surface area contributed by atoms with Gasteiger partial charge in [-0.05, 0) is 48.5 Å². The number of pyridine rings is 2. The highest BCUT2D eigenvalue weighted by Crippen LogP contribution is 2.42. The molecule has 5 nitrogen and oxygen atoms in total. The van der Waals surface area contributed by atoms with Crippen LogP contribution in [-0.2, 0) is 4.57 Å². The number of rotatable bonds is 5. The Morgan fingerprint density at radius 2 is 0.717 bits per heavy atom. The van der Waals surface area contributed by atoms with Crippen molar-refractivity contribution >= 4 is 66.9 Å². The van der Waals surface area contributed by atoms with Crippen LogP contribution < -0.4 is 16.2 Å². The second kappa shape index (κ2) is 10.4. The molecule has 9 aromatic rings. The molecule has 4 heterocycles. The minimum absolute atomic E-state index is 0.491. The summed E-state index contributed by atoms with van der Waals surface area (Å²) in [4.78, 5) is 10.4. The summed E-state index contributed by atoms with van der Waals surface area (Å²) in [5.74, 6) is 1.43. The van der Waals surface area contributed by atoms with Crippen molar-refractivity contribution in [3.05, 3.63) is 164 Å². The summed E-state index contributed by atoms with van der Waals surface area (Å²) < 4.78 is 20.1. The zero-order chi connectivity index (χ0) is 30.7. The Bertz CT molecular complexity index is 2370. The van der Waals surface area contributed by atoms with Crippen molar-refractivity contribution in [3.8, 4) is 11.6 Å². The van der Waals surface area contributed by atoms with Crippen molar-refractivity contribution in [2.45, 2.75) is 0 Å². The maximum absolute atomic E-state index is 15.8. The van der Waals surface area contributed by atoms with Gasteiger partial charge in [-0.1, -0.05) is 115 Å². The monoisotopic (exact) mass is 610 g/mol. The van der Waals surface area contributed by atoms with E-state index in [1.165, 1.54) is 0 Å². The van der Waals surface area contributed by atoms with Crippen molar-refractivity contribution in [1.82, 2.24) is 19.1 Å². The molecule has 0 bridgehead atoms. The van der Waals surface area contributed by atoms with Gasteiger partial charge in [-0.15, -0.1) is 0 Å². The van der Waals surface area contributed by atoms with Crippen molar-refractivity contribution in [1.29, 1.82) is 0 Å². The van der Waals surface area contributed by atoms with Crippen LogP contribution in [0.4, 0.5) is 0 Å². The van der Waals surface area contributed by atoms with Gasteiger partial charge in [-0.3, -0.25) is 9.13 Å². The number of hydrogen-bond donors (Lipinski definition) is 0. The highest BCUT2D eigenvalue weighted by Gasteiger charge is 2.34. The number of aromatic nitrogens is 4. The van der Waals surface area contributed by atoms with Crippen LogP contribution in [0.5, 0.6) is 0 Å². The molecule has 9 rings (SSSR count). The van der Waals surface area contributed by atoms with E-state index in [9.17, 15) is 0 Å². The van der Waals surface area contributed by atoms with E-state index in [4.69, 9.17) is 9.97 Å². The Balaban J connectivity index is 1.28. The molecule has 5 aromatic carbocycles. The lowest BCUT2D eigenvalue weighted by atomic mass is 10.2. The van der Waals surface area contributed by atoms with Gasteiger partial charge in [0.2, 0.25) is 7.14 Å². The van der Waals surface area contributed by atoms with Crippen molar-refractivity contribution < 1.29 is 4.57 Å². The van der Waals surface area contributed by atoms with Gasteiger partial charge >= 0.3 is 0 Å². The molecule has 0 unspecified atom stereocenters. The Labute approximate surface area is 265 Å². The van der Waals surface area contributed by atoms with Gasteiger partial charge in [0.15, 0.2) is 0 Å². The molecule has 0 saturated carbocycles. The van der Waals surface area contributed by atoms with Gasteiger partial charge in [0.25, 0.3) is 0 Å². The van der Waals surface area contributed by atoms with Gasteiger partial charge in [0.1, 0.15) is 22.5 Å². The normalized spacial score (nSPS) is 12.0. The van der Waals surface area contributed by atoms with Crippen LogP contribution in [0.15, 0.2) is 164 Å². The Morgan fingerprint density at radius 1 is 0.370 bits per heavy atom. The summed E-state index contributed by atoms with van der Waals surface area (Å²) in [6.45, 7) is 0. The van der Waals surface area contributed by atoms with Crippen molar-refractivity contribution in [2.24, 2.45) is 0 Å². The number of para-hydroxylation sites is 4. The molecule has 0 aliphatic heterocycles. The molecule has 0 aliphatic carbocycles. The van der Waals surface area contributed by atoms with Crippen LogP contribution in [-0.4, -0.2) is 19.1 Å². The number of hydrogen-bond acceptors (Lipinski definition) is 3. The minimum Gasteiger partial charge on any atom is -0.305 e. The van der Waals surface area contributed by atoms with E-state index in [1.54, 1.807) is 0 Å². The smallest absolute Gasteiger partial charge is 0.206 e. The molecule has 0 atom stereocenters. The molecule has 46 heavy (non-hydrogen) atoms. The lowest BCUT2D eigenvalue weighted by Crippen LogP contribution is -2.30. The van der Waals surface area contributed by atoms with Crippen LogP contribution >= 0.6 is 7.14 Å². The van der Waals surface area contributed by atoms with E-state index in [2.05, 4.69) is 81.9 Å². The highest BCUT2D eigenvalue weighted by atomic mass is 31.2. The SMILES string of the molecule is O=P(c1ccccc1)(c1cccc(-n2c3ccccc3c3ccccc32)n1)c1cccc(-n2c3ccccc3c3ccccc32)n1. The summed E-state index contributed by atoms with van der Waals surface area (Å²) in [6.07, 6.45) is 0. The van der Waals surface area contributed by atoms with Crippen LogP contribution in [0, 0.1) is 0 Å². The van der Waals surface area contributed by atoms with E-state index >= 15 is 4.57 Å². The predicted molar refractivity (Wildman–Crippen MR) is 190 cm³/mol. The molecule has 0 aliphatic rings. The average molecular weight is 611 g/mol. The molecule has 0 radical (unpaired) electrons. The first-order valence-corrected chi connectivity index (χ1v) is 17.0. The number of nitrogens with zero attached hydrogens (tertiary/aromatic N) is 4. The maximum Gasteiger partial charge on any atom is 0.206 e. The largest absolute Gasteiger partial charge is 0.305 e. The zero-order valence-corrected chi connectivity index (χ0v) is 25.6. The standard InChI is InChI=1S/C40H27N4OP/c45-46(28-14-2-1-3-15-28,39-26-12-24-37(41-39)43-33-20-8-4-16-29(33)30-17-5-9-21-34(30)43)40-27-13-25-38(42-40)44-35-22-10-6-18-31(35)32-19-7-11-23-36(32)44/h1-27H. The molecule has 0 fully saturated rings. The third kappa shape index (κ3) is 3.92. The lowest BCUT2D eigenvalue weighted by Gasteiger charge is -2.20. The van der Waals surface area contributed by atoms with E-state index in [-0.39, 0.29) is 0 Å². The number of benzene rings is 5. The summed E-state index contributed by atoms with van der Waals surface area (Å²) in [5, 5.41) is 5.29. The lowest BCUT2D eigenvalue weighted by molar-refractivity contribution is 0.591. The predicted octanol–water partition coefficient (Wildman–Crippen LogP) is 8.31. The first kappa shape index (κ1) is 26.6. The highest BCUT2D eigenvalue weighted by molar-refractivity contribution is 7.84. The molecule has 6 heteroatoms. The van der Waals surface area contributed by atoms with E-state index in [0.29, 0.717) is 27.8 Å². The second-order valence-corrected chi connectivity index (χ2v) is 14.0. The van der Waals surface area contributed by atoms with E-state index < -0.39 is 7.14 Å². The summed E-state index contributed by atoms with van der Waals surface area (Å²) in [6, 6.07) is 54.6. The van der Waals surface area contributed by atoms with E-state index in [1.807, 2.05) is 91.0 Å². The topological polar surface area (TPSA) is 52.7 Å². The van der Waals surface area contributed by atoms with Crippen molar-refractivity contribution in [3.63, 3.8) is 0 Å². The number of fused-ring (bicyclic) bond motifs is 6. The van der Waals surface area contributed by atoms with Crippen molar-refractivity contribution in [2.75, 3.05) is 0 Å². The Kier molecular flexibility index (Phi) is 6.02. The Morgan fingerprint density at radius 3 is 1.11 bits per heavy atom. The molecule has 218 valence electrons. The molecular formula is C40H27N4OP. The second-order valence-electron chi connectivity index (χ2n) is 11.4. The van der Waals surface area contributed by atoms with Gasteiger partial charge < -0.3 is 4.57 Å². The molecule has 0 N–H and O–H groups in total. The molecule has 0 saturated heterocycles. The fourth-order valence-electron chi connectivity index (χ4n) is 6.78. The molecule has 4 aromatic heterocycles. The minimum atomic E-state index is -3.52. The van der Waals surface area contributed by atoms with Crippen LogP contribution in [0.25, 0.3) is 55.2 Å². The summed E-state index contributed by atoms with van der Waals surface area (Å²) in [7, 11) is -3.52. The van der Waals surface area contributed by atoms with Gasteiger partial charge in [0.05, 0.1) is 22.1 Å². The van der Waals surface area contributed by atoms with E-state index in [0.717, 1.165) is 43.6 Å². The fourth-order valence-corrected chi connectivity index (χ4v) is 9.22. The van der Waals surface area contributed by atoms with Gasteiger partial charge in [0, 0.05) is 26.8 Å². The fraction of sp³-hybridized carbons (Fsp3) is 0. The van der Waals surface area contributed by atoms with Crippen LogP contribution in [0.2, 0.25) is 0 Å². The third-order valence-electron chi connectivity index (χ3n) is 8.82. The van der Waals surface area contributed by atoms with Crippen LogP contribution in [0.3, 0.4) is 0 Å². The summed E-state index contributed by atoms with van der Waals surface area (Å²) >= 11 is 0. The van der Waals surface area contributed by atoms with Crippen LogP contribution in [0.1, 0.15) is 0 Å². The molecular weight excluding hydrogens is 583 g/mol. The third-order valence-corrected chi connectivity index (χ3v) is 11.6. The first-order valence-electron chi connectivity index (χ1n) is 15.3. The quantitative estimate of drug-likeness (QED) is 0.184. The van der Waals surface area contributed by atoms with Gasteiger partial charge in [-0.25, -0.2) is 9.97 Å². The summed E-state index contributed by atoms with van der Waals surface area (Å²) in [5.41, 5.74) is 5.18. The van der Waals surface area contributed by atoms with Gasteiger partial charge in [-0.2, -0.15) is 0 Å². The first-order chi connectivity index (χ1) is 22.7. The zero-order valence-electron chi connectivity index (χ0n) is 24.7. The molecule has 0 spiro atoms.